The van der Waals surface area contributed by atoms with Gasteiger partial charge in [-0.15, -0.1) is 11.3 Å². The van der Waals surface area contributed by atoms with Crippen molar-refractivity contribution in [2.45, 2.75) is 79.1 Å². The molecule has 0 unspecified atom stereocenters. The van der Waals surface area contributed by atoms with Gasteiger partial charge in [-0.05, 0) is 150 Å². The maximum Gasteiger partial charge on any atom is 0.330 e. The fourth-order valence-corrected chi connectivity index (χ4v) is 7.75. The summed E-state index contributed by atoms with van der Waals surface area (Å²) in [5.74, 6) is 14.7. The van der Waals surface area contributed by atoms with Crippen molar-refractivity contribution < 1.29 is 28.5 Å². The second-order valence-corrected chi connectivity index (χ2v) is 15.2. The monoisotopic (exact) mass is 780 g/mol. The lowest BCUT2D eigenvalue weighted by molar-refractivity contribution is -0.138. The van der Waals surface area contributed by atoms with Crippen molar-refractivity contribution in [3.05, 3.63) is 130 Å². The van der Waals surface area contributed by atoms with Gasteiger partial charge in [0.2, 0.25) is 0 Å². The highest BCUT2D eigenvalue weighted by Gasteiger charge is 2.09. The number of carbonyl (C=O) groups excluding carboxylic acids is 2. The summed E-state index contributed by atoms with van der Waals surface area (Å²) in [6, 6.07) is 21.2. The summed E-state index contributed by atoms with van der Waals surface area (Å²) in [5, 5.41) is 2.45. The molecule has 0 aliphatic rings. The van der Waals surface area contributed by atoms with Crippen LogP contribution in [0.2, 0.25) is 0 Å². The second kappa shape index (κ2) is 21.5. The number of rotatable bonds is 18. The first kappa shape index (κ1) is 42.4. The van der Waals surface area contributed by atoms with E-state index >= 15 is 0 Å². The van der Waals surface area contributed by atoms with Crippen LogP contribution in [0.5, 0.6) is 11.5 Å². The lowest BCUT2D eigenvalue weighted by Gasteiger charge is -2.10. The summed E-state index contributed by atoms with van der Waals surface area (Å²) >= 11 is 1.77. The summed E-state index contributed by atoms with van der Waals surface area (Å²) < 4.78 is 24.5. The lowest BCUT2D eigenvalue weighted by atomic mass is 10.0. The van der Waals surface area contributed by atoms with Gasteiger partial charge in [-0.1, -0.05) is 49.0 Å². The summed E-state index contributed by atoms with van der Waals surface area (Å²) in [6.07, 6.45) is 9.96. The number of carbonyl (C=O) groups is 2. The van der Waals surface area contributed by atoms with Crippen molar-refractivity contribution in [3.63, 3.8) is 0 Å². The third kappa shape index (κ3) is 12.6. The number of ether oxygens (including phenoxy) is 4. The van der Waals surface area contributed by atoms with Crippen LogP contribution in [0.25, 0.3) is 20.2 Å². The normalized spacial score (nSPS) is 10.6. The van der Waals surface area contributed by atoms with Crippen LogP contribution in [-0.2, 0) is 19.1 Å². The average Bonchev–Trinajstić information content (AvgIpc) is 3.56. The van der Waals surface area contributed by atoms with E-state index in [0.717, 1.165) is 107 Å². The first-order chi connectivity index (χ1) is 27.6. The maximum absolute atomic E-state index is 11.1. The molecule has 0 aliphatic heterocycles. The Morgan fingerprint density at radius 2 is 0.895 bits per heavy atom. The van der Waals surface area contributed by atoms with Crippen LogP contribution < -0.4 is 9.47 Å². The van der Waals surface area contributed by atoms with Crippen molar-refractivity contribution in [1.82, 2.24) is 0 Å². The predicted octanol–water partition coefficient (Wildman–Crippen LogP) is 11.4. The van der Waals surface area contributed by atoms with Gasteiger partial charge in [0.05, 0.1) is 26.4 Å². The van der Waals surface area contributed by atoms with E-state index in [1.807, 2.05) is 0 Å². The number of aryl methyl sites for hydroxylation is 4. The Balaban J connectivity index is 1.16. The molecular weight excluding hydrogens is 729 g/mol. The Kier molecular flexibility index (Phi) is 16.0. The minimum Gasteiger partial charge on any atom is -0.494 e. The summed E-state index contributed by atoms with van der Waals surface area (Å²) in [4.78, 5) is 22.2. The molecule has 0 radical (unpaired) electrons. The number of esters is 2. The van der Waals surface area contributed by atoms with Crippen molar-refractivity contribution in [2.75, 3.05) is 26.4 Å². The van der Waals surface area contributed by atoms with Crippen LogP contribution in [0.1, 0.15) is 95.9 Å². The number of benzene rings is 4. The standard InChI is InChI=1S/C50H52O6S/c1-7-49(51)55-27-15-11-9-13-25-53-41-29-35(3)43(36(4)30-41)21-17-39-19-23-45-46-24-20-40(34-48(46)57-47(45)33-39)18-22-44-37(5)31-42(32-38(44)6)54-26-14-10-12-16-28-56-50(52)8-2/h7-8,19-20,23-24,29-34H,1-2,9-16,25-28H2,3-6H3. The van der Waals surface area contributed by atoms with E-state index in [-0.39, 0.29) is 11.9 Å². The zero-order chi connectivity index (χ0) is 40.6. The van der Waals surface area contributed by atoms with Gasteiger partial charge in [0.25, 0.3) is 0 Å². The number of hydrogen-bond donors (Lipinski definition) is 0. The van der Waals surface area contributed by atoms with E-state index in [1.54, 1.807) is 11.3 Å². The molecule has 0 fully saturated rings. The van der Waals surface area contributed by atoms with E-state index in [4.69, 9.17) is 18.9 Å². The van der Waals surface area contributed by atoms with Crippen LogP contribution in [0.3, 0.4) is 0 Å². The van der Waals surface area contributed by atoms with Crippen LogP contribution in [0.15, 0.2) is 86.0 Å². The second-order valence-electron chi connectivity index (χ2n) is 14.2. The molecule has 5 aromatic rings. The first-order valence-corrected chi connectivity index (χ1v) is 20.5. The Labute approximate surface area is 341 Å². The van der Waals surface area contributed by atoms with Crippen molar-refractivity contribution >= 4 is 43.4 Å². The van der Waals surface area contributed by atoms with Gasteiger partial charge in [0, 0.05) is 54.6 Å². The average molecular weight is 781 g/mol. The molecule has 1 heterocycles. The number of hydrogen-bond acceptors (Lipinski definition) is 7. The molecule has 0 amide bonds. The molecular formula is C50H52O6S. The minimum atomic E-state index is -0.369. The quantitative estimate of drug-likeness (QED) is 0.0382. The summed E-state index contributed by atoms with van der Waals surface area (Å²) in [6.45, 7) is 17.3. The van der Waals surface area contributed by atoms with E-state index in [1.165, 1.54) is 32.3 Å². The molecule has 1 aromatic heterocycles. The van der Waals surface area contributed by atoms with Crippen molar-refractivity contribution in [1.29, 1.82) is 0 Å². The lowest BCUT2D eigenvalue weighted by Crippen LogP contribution is -2.02. The fourth-order valence-electron chi connectivity index (χ4n) is 6.57. The number of thiophene rings is 1. The van der Waals surface area contributed by atoms with E-state index in [2.05, 4.69) is 125 Å². The third-order valence-electron chi connectivity index (χ3n) is 9.59. The van der Waals surface area contributed by atoms with Gasteiger partial charge in [0.1, 0.15) is 11.5 Å². The molecule has 0 aliphatic carbocycles. The molecule has 0 bridgehead atoms. The van der Waals surface area contributed by atoms with Crippen LogP contribution in [-0.4, -0.2) is 38.4 Å². The van der Waals surface area contributed by atoms with Crippen molar-refractivity contribution in [3.8, 4) is 35.2 Å². The fraction of sp³-hybridized carbons (Fsp3) is 0.320. The number of unbranched alkanes of at least 4 members (excludes halogenated alkanes) is 6. The molecule has 294 valence electrons. The molecule has 0 atom stereocenters. The topological polar surface area (TPSA) is 71.1 Å². The molecule has 5 rings (SSSR count). The molecule has 7 heteroatoms. The minimum absolute atomic E-state index is 0.369. The third-order valence-corrected chi connectivity index (χ3v) is 10.7. The van der Waals surface area contributed by atoms with Gasteiger partial charge < -0.3 is 18.9 Å². The molecule has 0 saturated carbocycles. The Morgan fingerprint density at radius 3 is 1.26 bits per heavy atom. The SMILES string of the molecule is C=CC(=O)OCCCCCCOc1cc(C)c(C#Cc2ccc3c(c2)sc2cc(C#Cc4c(C)cc(OCCCCCCOC(=O)C=C)cc4C)ccc23)c(C)c1. The van der Waals surface area contributed by atoms with Gasteiger partial charge in [-0.25, -0.2) is 9.59 Å². The molecule has 57 heavy (non-hydrogen) atoms. The Morgan fingerprint density at radius 1 is 0.526 bits per heavy atom. The smallest absolute Gasteiger partial charge is 0.330 e. The molecule has 0 saturated heterocycles. The van der Waals surface area contributed by atoms with Crippen molar-refractivity contribution in [2.24, 2.45) is 0 Å². The molecule has 4 aromatic carbocycles. The molecule has 0 spiro atoms. The van der Waals surface area contributed by atoms with Crippen LogP contribution >= 0.6 is 11.3 Å². The molecule has 0 N–H and O–H groups in total. The van der Waals surface area contributed by atoms with E-state index in [0.29, 0.717) is 26.4 Å². The highest BCUT2D eigenvalue weighted by atomic mass is 32.1. The Bertz CT molecular complexity index is 2150. The van der Waals surface area contributed by atoms with E-state index < -0.39 is 0 Å². The summed E-state index contributed by atoms with van der Waals surface area (Å²) in [5.41, 5.74) is 8.40. The zero-order valence-electron chi connectivity index (χ0n) is 33.7. The Hall–Kier alpha value is -5.76. The largest absolute Gasteiger partial charge is 0.494 e. The van der Waals surface area contributed by atoms with E-state index in [9.17, 15) is 9.59 Å². The van der Waals surface area contributed by atoms with Crippen LogP contribution in [0.4, 0.5) is 0 Å². The molecule has 6 nitrogen and oxygen atoms in total. The first-order valence-electron chi connectivity index (χ1n) is 19.7. The van der Waals surface area contributed by atoms with Gasteiger partial charge >= 0.3 is 11.9 Å². The summed E-state index contributed by atoms with van der Waals surface area (Å²) in [7, 11) is 0. The highest BCUT2D eigenvalue weighted by Crippen LogP contribution is 2.35. The van der Waals surface area contributed by atoms with Crippen LogP contribution in [0, 0.1) is 51.4 Å². The predicted molar refractivity (Wildman–Crippen MR) is 233 cm³/mol. The zero-order valence-corrected chi connectivity index (χ0v) is 34.5. The highest BCUT2D eigenvalue weighted by molar-refractivity contribution is 7.25. The van der Waals surface area contributed by atoms with Gasteiger partial charge in [-0.3, -0.25) is 0 Å². The van der Waals surface area contributed by atoms with Gasteiger partial charge in [-0.2, -0.15) is 0 Å². The van der Waals surface area contributed by atoms with Gasteiger partial charge in [0.15, 0.2) is 0 Å². The number of fused-ring (bicyclic) bond motifs is 3. The maximum atomic E-state index is 11.1.